The molecule has 0 heterocycles. The second-order valence-electron chi connectivity index (χ2n) is 4.99. The second kappa shape index (κ2) is 10.9. The predicted octanol–water partition coefficient (Wildman–Crippen LogP) is -2.61. The van der Waals surface area contributed by atoms with Gasteiger partial charge in [0.15, 0.2) is 0 Å². The summed E-state index contributed by atoms with van der Waals surface area (Å²) in [5.41, 5.74) is 0. The molecule has 0 atom stereocenters. The van der Waals surface area contributed by atoms with Crippen molar-refractivity contribution in [2.24, 2.45) is 0 Å². The van der Waals surface area contributed by atoms with Gasteiger partial charge in [0, 0.05) is 18.6 Å². The van der Waals surface area contributed by atoms with E-state index in [9.17, 15) is 21.4 Å². The van der Waals surface area contributed by atoms with Crippen molar-refractivity contribution in [1.29, 1.82) is 0 Å². The summed E-state index contributed by atoms with van der Waals surface area (Å²) in [6.07, 6.45) is 3.72. The van der Waals surface area contributed by atoms with Gasteiger partial charge in [0.2, 0.25) is 0 Å². The topological polar surface area (TPSA) is 112 Å². The number of rotatable bonds is 12. The maximum atomic E-state index is 10.8. The summed E-state index contributed by atoms with van der Waals surface area (Å²) in [4.78, 5) is 0. The van der Waals surface area contributed by atoms with Crippen molar-refractivity contribution in [3.63, 3.8) is 0 Å². The van der Waals surface area contributed by atoms with Crippen LogP contribution in [0.2, 0.25) is 0 Å². The molecule has 0 unspecified atom stereocenters. The summed E-state index contributed by atoms with van der Waals surface area (Å²) in [7, 11) is -8.30. The van der Waals surface area contributed by atoms with Crippen molar-refractivity contribution in [3.8, 4) is 0 Å². The van der Waals surface area contributed by atoms with E-state index < -0.39 is 26.0 Å². The molecule has 0 rings (SSSR count). The zero-order chi connectivity index (χ0) is 16.6. The Morgan fingerprint density at radius 1 is 0.955 bits per heavy atom. The Morgan fingerprint density at radius 2 is 1.36 bits per heavy atom. The van der Waals surface area contributed by atoms with Gasteiger partial charge in [0.1, 0.15) is 0 Å². The number of quaternary nitrogens is 1. The molecule has 0 bridgehead atoms. The van der Waals surface area contributed by atoms with Gasteiger partial charge in [-0.1, -0.05) is 13.2 Å². The third kappa shape index (κ3) is 12.8. The van der Waals surface area contributed by atoms with E-state index in [4.69, 9.17) is 4.55 Å². The third-order valence-corrected chi connectivity index (χ3v) is 4.69. The average molecular weight is 364 g/mol. The molecule has 0 aliphatic rings. The molecule has 0 aliphatic carbocycles. The van der Waals surface area contributed by atoms with Crippen LogP contribution in [0.1, 0.15) is 12.8 Å². The minimum Gasteiger partial charge on any atom is -0.748 e. The van der Waals surface area contributed by atoms with Gasteiger partial charge in [-0.05, 0) is 12.2 Å². The van der Waals surface area contributed by atoms with Gasteiger partial charge in [-0.3, -0.25) is 4.55 Å². The van der Waals surface area contributed by atoms with Gasteiger partial charge < -0.3 is 9.04 Å². The molecule has 0 aromatic heterocycles. The average Bonchev–Trinajstić information content (AvgIpc) is 2.26. The molecular weight excluding hydrogens is 341 g/mol. The van der Waals surface area contributed by atoms with Gasteiger partial charge in [-0.2, -0.15) is 8.42 Å². The fourth-order valence-electron chi connectivity index (χ4n) is 2.26. The summed E-state index contributed by atoms with van der Waals surface area (Å²) in [5.74, 6) is -0.819. The molecule has 0 saturated heterocycles. The fourth-order valence-corrected chi connectivity index (χ4v) is 3.23. The molecule has 0 aromatic carbocycles. The van der Waals surface area contributed by atoms with Crippen molar-refractivity contribution in [3.05, 3.63) is 25.3 Å². The molecule has 0 fully saturated rings. The monoisotopic (exact) mass is 364 g/mol. The minimum absolute atomic E-state index is 0. The van der Waals surface area contributed by atoms with Crippen LogP contribution in [0.4, 0.5) is 0 Å². The first-order valence-corrected chi connectivity index (χ1v) is 9.68. The number of nitrogens with zero attached hydrogens (tertiary/aromatic N) is 1. The Labute approximate surface area is 155 Å². The van der Waals surface area contributed by atoms with Gasteiger partial charge >= 0.3 is 29.6 Å². The molecule has 0 amide bonds. The van der Waals surface area contributed by atoms with E-state index in [1.807, 2.05) is 0 Å². The standard InChI is InChI=1S/C12H23NO6S2.Na/c1-3-7-13(8-4-2,9-5-11-20(14,15)16)10-6-12-21(17,18)19;/h3-4H,1-2,5-12H2,(H-,14,15,16,17,18,19);/q;+1. The molecule has 124 valence electrons. The maximum Gasteiger partial charge on any atom is 1.00 e. The Bertz CT molecular complexity index is 494. The Morgan fingerprint density at radius 3 is 1.68 bits per heavy atom. The SMILES string of the molecule is C=CC[N+](CC=C)(CCCS(=O)(=O)[O-])CCCS(=O)(=O)O.[Na+]. The van der Waals surface area contributed by atoms with Crippen molar-refractivity contribution >= 4 is 20.2 Å². The number of hydrogen-bond acceptors (Lipinski definition) is 5. The Balaban J connectivity index is 0. The van der Waals surface area contributed by atoms with Crippen molar-refractivity contribution in [2.45, 2.75) is 12.8 Å². The maximum absolute atomic E-state index is 10.8. The van der Waals surface area contributed by atoms with E-state index in [-0.39, 0.29) is 48.2 Å². The van der Waals surface area contributed by atoms with Gasteiger partial charge in [-0.15, -0.1) is 0 Å². The minimum atomic E-state index is -4.27. The normalized spacial score (nSPS) is 12.5. The zero-order valence-electron chi connectivity index (χ0n) is 13.0. The first kappa shape index (κ1) is 24.5. The summed E-state index contributed by atoms with van der Waals surface area (Å²) < 4.78 is 62.6. The quantitative estimate of drug-likeness (QED) is 0.176. The fraction of sp³-hybridized carbons (Fsp3) is 0.667. The largest absolute Gasteiger partial charge is 1.00 e. The predicted molar refractivity (Wildman–Crippen MR) is 80.3 cm³/mol. The third-order valence-electron chi connectivity index (χ3n) is 3.09. The molecule has 0 saturated carbocycles. The second-order valence-corrected chi connectivity index (χ2v) is 8.08. The molecule has 1 N–H and O–H groups in total. The van der Waals surface area contributed by atoms with Crippen LogP contribution in [0.25, 0.3) is 0 Å². The smallest absolute Gasteiger partial charge is 0.748 e. The first-order chi connectivity index (χ1) is 9.54. The van der Waals surface area contributed by atoms with Crippen molar-refractivity contribution in [2.75, 3.05) is 37.7 Å². The van der Waals surface area contributed by atoms with E-state index in [1.165, 1.54) is 0 Å². The summed E-state index contributed by atoms with van der Waals surface area (Å²) in [6.45, 7) is 9.09. The first-order valence-electron chi connectivity index (χ1n) is 6.49. The van der Waals surface area contributed by atoms with Crippen LogP contribution in [0.3, 0.4) is 0 Å². The van der Waals surface area contributed by atoms with Gasteiger partial charge in [0.05, 0.1) is 42.1 Å². The molecule has 7 nitrogen and oxygen atoms in total. The molecule has 0 spiro atoms. The summed E-state index contributed by atoms with van der Waals surface area (Å²) >= 11 is 0. The zero-order valence-corrected chi connectivity index (χ0v) is 16.6. The summed E-state index contributed by atoms with van der Waals surface area (Å²) in [5, 5.41) is 0. The molecule has 10 heteroatoms. The van der Waals surface area contributed by atoms with E-state index in [0.717, 1.165) is 0 Å². The van der Waals surface area contributed by atoms with E-state index >= 15 is 0 Å². The molecule has 0 radical (unpaired) electrons. The Hall–Kier alpha value is 0.260. The van der Waals surface area contributed by atoms with Crippen molar-refractivity contribution in [1.82, 2.24) is 0 Å². The molecule has 22 heavy (non-hydrogen) atoms. The van der Waals surface area contributed by atoms with Crippen LogP contribution in [0, 0.1) is 0 Å². The Kier molecular flexibility index (Phi) is 12.2. The van der Waals surface area contributed by atoms with Crippen LogP contribution in [0.5, 0.6) is 0 Å². The van der Waals surface area contributed by atoms with Gasteiger partial charge in [-0.25, -0.2) is 8.42 Å². The molecule has 0 aromatic rings. The number of hydrogen-bond donors (Lipinski definition) is 1. The van der Waals surface area contributed by atoms with Crippen LogP contribution in [-0.4, -0.2) is 68.1 Å². The molecule has 0 aliphatic heterocycles. The van der Waals surface area contributed by atoms with E-state index in [0.29, 0.717) is 30.7 Å². The van der Waals surface area contributed by atoms with Crippen LogP contribution in [-0.2, 0) is 20.2 Å². The van der Waals surface area contributed by atoms with E-state index in [1.54, 1.807) is 12.2 Å². The van der Waals surface area contributed by atoms with Crippen molar-refractivity contribution < 1.29 is 60.0 Å². The van der Waals surface area contributed by atoms with E-state index in [2.05, 4.69) is 13.2 Å². The van der Waals surface area contributed by atoms with Crippen LogP contribution >= 0.6 is 0 Å². The van der Waals surface area contributed by atoms with Crippen LogP contribution < -0.4 is 29.6 Å². The van der Waals surface area contributed by atoms with Crippen LogP contribution in [0.15, 0.2) is 25.3 Å². The summed E-state index contributed by atoms with van der Waals surface area (Å²) in [6, 6.07) is 0. The molecular formula is C12H23NNaO6S2+. The van der Waals surface area contributed by atoms with Gasteiger partial charge in [0.25, 0.3) is 10.1 Å².